The van der Waals surface area contributed by atoms with Gasteiger partial charge in [-0.25, -0.2) is 4.39 Å². The lowest BCUT2D eigenvalue weighted by molar-refractivity contribution is -0.123. The third kappa shape index (κ3) is 20.2. The maximum atomic E-state index is 14.1. The van der Waals surface area contributed by atoms with Crippen molar-refractivity contribution in [3.8, 4) is 0 Å². The first-order valence-corrected chi connectivity index (χ1v) is 10.6. The highest BCUT2D eigenvalue weighted by molar-refractivity contribution is 5.76. The summed E-state index contributed by atoms with van der Waals surface area (Å²) in [6, 6.07) is 0. The fourth-order valence-corrected chi connectivity index (χ4v) is 1.90. The van der Waals surface area contributed by atoms with E-state index in [0.29, 0.717) is 52.7 Å². The molecule has 0 rings (SSSR count). The van der Waals surface area contributed by atoms with Crippen molar-refractivity contribution in [3.05, 3.63) is 0 Å². The molecule has 0 saturated heterocycles. The third-order valence-electron chi connectivity index (χ3n) is 3.68. The number of carbonyl (C=O) groups excluding carboxylic acids is 2. The summed E-state index contributed by atoms with van der Waals surface area (Å²) in [5.74, 6) is -0.198. The maximum absolute atomic E-state index is 14.1. The van der Waals surface area contributed by atoms with Crippen LogP contribution in [0.3, 0.4) is 0 Å². The summed E-state index contributed by atoms with van der Waals surface area (Å²) in [5.41, 5.74) is -1.01. The van der Waals surface area contributed by atoms with Crippen molar-refractivity contribution in [2.75, 3.05) is 66.0 Å². The van der Waals surface area contributed by atoms with Crippen molar-refractivity contribution >= 4 is 11.7 Å². The second-order valence-electron chi connectivity index (χ2n) is 6.67. The fourth-order valence-electron chi connectivity index (χ4n) is 1.90. The molecule has 0 bridgehead atoms. The second-order valence-corrected chi connectivity index (χ2v) is 6.67. The monoisotopic (exact) mass is 439 g/mol. The van der Waals surface area contributed by atoms with Crippen LogP contribution >= 0.6 is 0 Å². The Kier molecular flexibility index (Phi) is 21.9. The molecule has 30 heavy (non-hydrogen) atoms. The fraction of sp³-hybridized carbons (Fsp3) is 0.905. The van der Waals surface area contributed by atoms with E-state index in [9.17, 15) is 14.0 Å². The van der Waals surface area contributed by atoms with Gasteiger partial charge >= 0.3 is 0 Å². The van der Waals surface area contributed by atoms with E-state index in [1.807, 2.05) is 13.8 Å². The Bertz CT molecular complexity index is 422. The Morgan fingerprint density at radius 3 is 1.73 bits per heavy atom. The van der Waals surface area contributed by atoms with Gasteiger partial charge in [0.2, 0.25) is 5.91 Å². The number of carbonyl (C=O) groups is 2. The number of ether oxygens (including phenoxy) is 5. The normalized spacial score (nSPS) is 12.1. The molecule has 0 spiro atoms. The zero-order valence-corrected chi connectivity index (χ0v) is 19.6. The van der Waals surface area contributed by atoms with Gasteiger partial charge in [0, 0.05) is 6.42 Å². The Morgan fingerprint density at radius 2 is 1.30 bits per heavy atom. The van der Waals surface area contributed by atoms with E-state index < -0.39 is 11.8 Å². The molecule has 0 aromatic rings. The van der Waals surface area contributed by atoms with Gasteiger partial charge in [0.05, 0.1) is 65.0 Å². The van der Waals surface area contributed by atoms with Gasteiger partial charge in [0.1, 0.15) is 12.8 Å². The second kappa shape index (κ2) is 21.1. The molecule has 0 saturated carbocycles. The zero-order valence-electron chi connectivity index (χ0n) is 19.6. The summed E-state index contributed by atoms with van der Waals surface area (Å²) in [5, 5.41) is 2.52. The standard InChI is InChI=1S/C19H36FNO7.C2H6/c1-5-18(23)21-14-17(20)19(3,4)28-13-12-26-9-8-24-6-7-25-10-11-27-15-16(2)22;1-2/h17H,5-15H2,1-4H3,(H,21,23);1-2H3. The van der Waals surface area contributed by atoms with Gasteiger partial charge in [-0.05, 0) is 20.8 Å². The van der Waals surface area contributed by atoms with Crippen LogP contribution in [0.1, 0.15) is 48.0 Å². The lowest BCUT2D eigenvalue weighted by atomic mass is 10.0. The summed E-state index contributed by atoms with van der Waals surface area (Å²) in [6.07, 6.45) is -0.981. The molecule has 0 aliphatic heterocycles. The molecule has 1 atom stereocenters. The summed E-state index contributed by atoms with van der Waals surface area (Å²) >= 11 is 0. The molecule has 0 aromatic carbocycles. The minimum atomic E-state index is -1.31. The quantitative estimate of drug-likeness (QED) is 0.309. The van der Waals surface area contributed by atoms with E-state index in [2.05, 4.69) is 5.32 Å². The van der Waals surface area contributed by atoms with Crippen molar-refractivity contribution in [1.82, 2.24) is 5.32 Å². The van der Waals surface area contributed by atoms with Crippen LogP contribution in [-0.4, -0.2) is 89.5 Å². The molecule has 0 fully saturated rings. The molecule has 0 radical (unpaired) electrons. The topological polar surface area (TPSA) is 92.3 Å². The minimum absolute atomic E-state index is 0.0118. The molecule has 9 heteroatoms. The maximum Gasteiger partial charge on any atom is 0.219 e. The molecule has 8 nitrogen and oxygen atoms in total. The van der Waals surface area contributed by atoms with Crippen molar-refractivity contribution in [1.29, 1.82) is 0 Å². The van der Waals surface area contributed by atoms with Crippen molar-refractivity contribution in [2.24, 2.45) is 0 Å². The lowest BCUT2D eigenvalue weighted by Crippen LogP contribution is -2.44. The van der Waals surface area contributed by atoms with E-state index in [0.717, 1.165) is 0 Å². The van der Waals surface area contributed by atoms with Crippen LogP contribution in [-0.2, 0) is 33.3 Å². The molecule has 0 heterocycles. The van der Waals surface area contributed by atoms with Crippen LogP contribution in [0, 0.1) is 0 Å². The first-order chi connectivity index (χ1) is 14.3. The van der Waals surface area contributed by atoms with E-state index in [-0.39, 0.29) is 31.4 Å². The van der Waals surface area contributed by atoms with Crippen LogP contribution in [0.15, 0.2) is 0 Å². The van der Waals surface area contributed by atoms with Gasteiger partial charge in [-0.15, -0.1) is 0 Å². The van der Waals surface area contributed by atoms with Crippen molar-refractivity contribution in [2.45, 2.75) is 59.7 Å². The summed E-state index contributed by atoms with van der Waals surface area (Å²) < 4.78 is 40.7. The molecule has 1 N–H and O–H groups in total. The summed E-state index contributed by atoms with van der Waals surface area (Å²) in [4.78, 5) is 21.8. The van der Waals surface area contributed by atoms with Gasteiger partial charge in [-0.2, -0.15) is 0 Å². The summed E-state index contributed by atoms with van der Waals surface area (Å²) in [6.45, 7) is 13.6. The smallest absolute Gasteiger partial charge is 0.219 e. The Morgan fingerprint density at radius 1 is 0.867 bits per heavy atom. The number of hydrogen-bond acceptors (Lipinski definition) is 7. The molecular formula is C21H42FNO7. The van der Waals surface area contributed by atoms with Gasteiger partial charge in [-0.1, -0.05) is 20.8 Å². The predicted octanol–water partition coefficient (Wildman–Crippen LogP) is 2.33. The van der Waals surface area contributed by atoms with Crippen LogP contribution in [0.5, 0.6) is 0 Å². The Labute approximate surface area is 181 Å². The minimum Gasteiger partial charge on any atom is -0.377 e. The first kappa shape index (κ1) is 31.1. The van der Waals surface area contributed by atoms with Gasteiger partial charge in [-0.3, -0.25) is 9.59 Å². The molecule has 0 aliphatic carbocycles. The molecule has 0 aromatic heterocycles. The average Bonchev–Trinajstić information content (AvgIpc) is 2.72. The molecule has 1 unspecified atom stereocenters. The number of ketones is 1. The average molecular weight is 440 g/mol. The van der Waals surface area contributed by atoms with E-state index >= 15 is 0 Å². The third-order valence-corrected chi connectivity index (χ3v) is 3.68. The molecule has 1 amide bonds. The van der Waals surface area contributed by atoms with Crippen LogP contribution < -0.4 is 5.32 Å². The molecule has 180 valence electrons. The lowest BCUT2D eigenvalue weighted by Gasteiger charge is -2.29. The SMILES string of the molecule is CC.CCC(=O)NCC(F)C(C)(C)OCCOCCOCCOCCOCC(C)=O. The summed E-state index contributed by atoms with van der Waals surface area (Å²) in [7, 11) is 0. The predicted molar refractivity (Wildman–Crippen MR) is 114 cm³/mol. The van der Waals surface area contributed by atoms with Gasteiger partial charge in [0.15, 0.2) is 5.78 Å². The highest BCUT2D eigenvalue weighted by Crippen LogP contribution is 2.17. The number of rotatable bonds is 19. The molecular weight excluding hydrogens is 397 g/mol. The van der Waals surface area contributed by atoms with E-state index in [1.165, 1.54) is 6.92 Å². The zero-order chi connectivity index (χ0) is 23.3. The highest BCUT2D eigenvalue weighted by Gasteiger charge is 2.30. The Hall–Kier alpha value is -1.13. The molecule has 0 aliphatic rings. The number of halogens is 1. The first-order valence-electron chi connectivity index (χ1n) is 10.6. The van der Waals surface area contributed by atoms with Gasteiger partial charge in [0.25, 0.3) is 0 Å². The largest absolute Gasteiger partial charge is 0.377 e. The highest BCUT2D eigenvalue weighted by atomic mass is 19.1. The number of Topliss-reactive ketones (excluding diaryl/α,β-unsaturated/α-hetero) is 1. The number of nitrogens with one attached hydrogen (secondary N) is 1. The number of amides is 1. The van der Waals surface area contributed by atoms with Crippen LogP contribution in [0.25, 0.3) is 0 Å². The van der Waals surface area contributed by atoms with E-state index in [1.54, 1.807) is 20.8 Å². The van der Waals surface area contributed by atoms with Crippen LogP contribution in [0.4, 0.5) is 4.39 Å². The number of alkyl halides is 1. The number of hydrogen-bond donors (Lipinski definition) is 1. The van der Waals surface area contributed by atoms with Crippen molar-refractivity contribution in [3.63, 3.8) is 0 Å². The van der Waals surface area contributed by atoms with Crippen molar-refractivity contribution < 1.29 is 37.7 Å². The van der Waals surface area contributed by atoms with Gasteiger partial charge < -0.3 is 29.0 Å². The van der Waals surface area contributed by atoms with Crippen LogP contribution in [0.2, 0.25) is 0 Å². The van der Waals surface area contributed by atoms with E-state index in [4.69, 9.17) is 23.7 Å². The Balaban J connectivity index is 0.